The fourth-order valence-corrected chi connectivity index (χ4v) is 8.15. The molecule has 0 bridgehead atoms. The minimum atomic E-state index is -0.769. The lowest BCUT2D eigenvalue weighted by Gasteiger charge is -2.40. The molecule has 3 saturated heterocycles. The molecule has 7 rings (SSSR count). The van der Waals surface area contributed by atoms with Crippen molar-refractivity contribution < 1.29 is 34.0 Å². The average Bonchev–Trinajstić information content (AvgIpc) is 3.27. The molecule has 332 valence electrons. The number of nitrogens with two attached hydrogens (primary N) is 1. The van der Waals surface area contributed by atoms with Gasteiger partial charge < -0.3 is 34.9 Å². The molecule has 0 radical (unpaired) electrons. The van der Waals surface area contributed by atoms with Crippen LogP contribution in [0.2, 0.25) is 0 Å². The van der Waals surface area contributed by atoms with E-state index in [4.69, 9.17) is 24.7 Å². The van der Waals surface area contributed by atoms with Gasteiger partial charge in [-0.05, 0) is 88.5 Å². The Morgan fingerprint density at radius 3 is 1.18 bits per heavy atom. The van der Waals surface area contributed by atoms with Crippen molar-refractivity contribution >= 4 is 5.97 Å². The van der Waals surface area contributed by atoms with E-state index in [0.29, 0.717) is 38.3 Å². The normalized spacial score (nSPS) is 23.2. The van der Waals surface area contributed by atoms with Gasteiger partial charge in [-0.25, -0.2) is 4.79 Å². The fourth-order valence-electron chi connectivity index (χ4n) is 8.15. The maximum absolute atomic E-state index is 11.7. The van der Waals surface area contributed by atoms with Crippen LogP contribution >= 0.6 is 0 Å². The standard InChI is InChI=1S/C22H29NO2.C21H25NO3.C8H17NO2/c1-22(2,24)21-14-13-20(17-25-21)23(15-18-9-5-3-6-10-18)16-19-11-7-4-8-12-19;1-24-21(23)20-13-12-19(16-25-20)22(14-17-8-4-2-5-9-17)15-18-10-6-3-7-11-18;1-8(2,10)7-4-3-6(9)5-11-7/h3-12,20-21,24H,13-17H2,1-2H3;2-11,19-20H,12-16H2,1H3;6-7,10H,3-5,9H2,1-2H3/t20-,21+;19-,20+;6-,7+/m111/s1. The molecule has 6 atom stereocenters. The summed E-state index contributed by atoms with van der Waals surface area (Å²) in [5.41, 5.74) is 9.36. The van der Waals surface area contributed by atoms with Gasteiger partial charge in [0.1, 0.15) is 0 Å². The molecule has 4 aromatic carbocycles. The first-order valence-electron chi connectivity index (χ1n) is 22.0. The molecule has 3 fully saturated rings. The highest BCUT2D eigenvalue weighted by Gasteiger charge is 2.35. The van der Waals surface area contributed by atoms with Crippen LogP contribution in [0.5, 0.6) is 0 Å². The lowest BCUT2D eigenvalue weighted by atomic mass is 9.92. The minimum absolute atomic E-state index is 0.0395. The van der Waals surface area contributed by atoms with Crippen LogP contribution in [0.3, 0.4) is 0 Å². The number of benzene rings is 4. The molecular formula is C51H71N3O7. The molecule has 61 heavy (non-hydrogen) atoms. The largest absolute Gasteiger partial charge is 0.467 e. The number of nitrogens with zero attached hydrogens (tertiary/aromatic N) is 2. The average molecular weight is 838 g/mol. The second-order valence-electron chi connectivity index (χ2n) is 17.8. The Balaban J connectivity index is 0.000000186. The van der Waals surface area contributed by atoms with Gasteiger partial charge in [0.2, 0.25) is 0 Å². The van der Waals surface area contributed by atoms with E-state index in [2.05, 4.69) is 119 Å². The van der Waals surface area contributed by atoms with Crippen LogP contribution in [-0.2, 0) is 49.9 Å². The predicted octanol–water partition coefficient (Wildman–Crippen LogP) is 7.68. The molecule has 3 aliphatic heterocycles. The van der Waals surface area contributed by atoms with Crippen molar-refractivity contribution in [3.63, 3.8) is 0 Å². The minimum Gasteiger partial charge on any atom is -0.467 e. The van der Waals surface area contributed by atoms with E-state index in [1.807, 2.05) is 26.0 Å². The number of carbonyl (C=O) groups excluding carboxylic acids is 1. The summed E-state index contributed by atoms with van der Waals surface area (Å²) < 4.78 is 22.0. The van der Waals surface area contributed by atoms with E-state index in [0.717, 1.165) is 58.3 Å². The van der Waals surface area contributed by atoms with Crippen LogP contribution in [-0.4, -0.2) is 101 Å². The number of aliphatic hydroxyl groups is 2. The number of methoxy groups -OCH3 is 1. The molecular weight excluding hydrogens is 767 g/mol. The zero-order valence-corrected chi connectivity index (χ0v) is 37.1. The summed E-state index contributed by atoms with van der Waals surface area (Å²) in [5.74, 6) is -0.267. The van der Waals surface area contributed by atoms with Gasteiger partial charge in [0, 0.05) is 44.3 Å². The van der Waals surface area contributed by atoms with Crippen molar-refractivity contribution in [1.82, 2.24) is 9.80 Å². The van der Waals surface area contributed by atoms with E-state index in [1.54, 1.807) is 13.8 Å². The first kappa shape index (κ1) is 48.1. The van der Waals surface area contributed by atoms with Crippen LogP contribution < -0.4 is 5.73 Å². The van der Waals surface area contributed by atoms with Crippen LogP contribution in [0.25, 0.3) is 0 Å². The number of rotatable bonds is 13. The van der Waals surface area contributed by atoms with Crippen molar-refractivity contribution in [3.8, 4) is 0 Å². The van der Waals surface area contributed by atoms with Crippen LogP contribution in [0.1, 0.15) is 88.5 Å². The third kappa shape index (κ3) is 16.3. The molecule has 10 heteroatoms. The number of ether oxygens (including phenoxy) is 4. The molecule has 0 spiro atoms. The number of esters is 1. The number of carbonyl (C=O) groups is 1. The highest BCUT2D eigenvalue weighted by atomic mass is 16.6. The van der Waals surface area contributed by atoms with E-state index < -0.39 is 17.3 Å². The SMILES string of the molecule is CC(C)(O)[C@@H]1CC[C@@H](N(Cc2ccccc2)Cc2ccccc2)CO1.CC(C)(O)[C@@H]1CC[C@@H](N)CO1.COC(=O)[C@@H]1CC[C@@H](N(Cc2ccccc2)Cc2ccccc2)CO1. The van der Waals surface area contributed by atoms with Gasteiger partial charge in [-0.2, -0.15) is 0 Å². The third-order valence-electron chi connectivity index (χ3n) is 11.8. The third-order valence-corrected chi connectivity index (χ3v) is 11.8. The lowest BCUT2D eigenvalue weighted by molar-refractivity contribution is -0.159. The Morgan fingerprint density at radius 2 is 0.902 bits per heavy atom. The van der Waals surface area contributed by atoms with Crippen molar-refractivity contribution in [2.75, 3.05) is 26.9 Å². The lowest BCUT2D eigenvalue weighted by Crippen LogP contribution is -2.48. The summed E-state index contributed by atoms with van der Waals surface area (Å²) >= 11 is 0. The van der Waals surface area contributed by atoms with Crippen LogP contribution in [0.15, 0.2) is 121 Å². The molecule has 0 unspecified atom stereocenters. The first-order valence-corrected chi connectivity index (χ1v) is 22.0. The second kappa shape index (κ2) is 24.0. The maximum atomic E-state index is 11.7. The summed E-state index contributed by atoms with van der Waals surface area (Å²) in [5, 5.41) is 19.8. The van der Waals surface area contributed by atoms with Crippen molar-refractivity contribution in [3.05, 3.63) is 144 Å². The molecule has 10 nitrogen and oxygen atoms in total. The Kier molecular flexibility index (Phi) is 18.9. The zero-order valence-electron chi connectivity index (χ0n) is 37.1. The summed E-state index contributed by atoms with van der Waals surface area (Å²) in [6.45, 7) is 12.6. The first-order chi connectivity index (χ1) is 29.3. The summed E-state index contributed by atoms with van der Waals surface area (Å²) in [6.07, 6.45) is 4.87. The molecule has 0 amide bonds. The topological polar surface area (TPSA) is 127 Å². The van der Waals surface area contributed by atoms with Crippen molar-refractivity contribution in [2.24, 2.45) is 5.73 Å². The van der Waals surface area contributed by atoms with Crippen molar-refractivity contribution in [1.29, 1.82) is 0 Å². The monoisotopic (exact) mass is 838 g/mol. The zero-order chi connectivity index (χ0) is 43.7. The molecule has 4 N–H and O–H groups in total. The Labute approximate surface area is 365 Å². The Bertz CT molecular complexity index is 1700. The van der Waals surface area contributed by atoms with E-state index in [9.17, 15) is 15.0 Å². The Hall–Kier alpha value is -3.97. The van der Waals surface area contributed by atoms with E-state index in [-0.39, 0.29) is 24.2 Å². The summed E-state index contributed by atoms with van der Waals surface area (Å²) in [7, 11) is 1.41. The van der Waals surface area contributed by atoms with Gasteiger partial charge >= 0.3 is 5.97 Å². The van der Waals surface area contributed by atoms with Gasteiger partial charge in [-0.3, -0.25) is 9.80 Å². The highest BCUT2D eigenvalue weighted by Crippen LogP contribution is 2.28. The van der Waals surface area contributed by atoms with Gasteiger partial charge in [0.15, 0.2) is 6.10 Å². The van der Waals surface area contributed by atoms with Gasteiger partial charge in [0.05, 0.1) is 50.3 Å². The summed E-state index contributed by atoms with van der Waals surface area (Å²) in [6, 6.07) is 43.0. The highest BCUT2D eigenvalue weighted by molar-refractivity contribution is 5.74. The Morgan fingerprint density at radius 1 is 0.557 bits per heavy atom. The van der Waals surface area contributed by atoms with Gasteiger partial charge in [0.25, 0.3) is 0 Å². The molecule has 0 aliphatic carbocycles. The molecule has 3 heterocycles. The van der Waals surface area contributed by atoms with E-state index in [1.165, 1.54) is 29.4 Å². The summed E-state index contributed by atoms with van der Waals surface area (Å²) in [4.78, 5) is 16.6. The molecule has 0 aromatic heterocycles. The predicted molar refractivity (Wildman–Crippen MR) is 241 cm³/mol. The smallest absolute Gasteiger partial charge is 0.334 e. The van der Waals surface area contributed by atoms with Crippen LogP contribution in [0.4, 0.5) is 0 Å². The maximum Gasteiger partial charge on any atom is 0.334 e. The number of hydrogen-bond donors (Lipinski definition) is 3. The fraction of sp³-hybridized carbons (Fsp3) is 0.510. The second-order valence-corrected chi connectivity index (χ2v) is 17.8. The molecule has 4 aromatic rings. The molecule has 0 saturated carbocycles. The van der Waals surface area contributed by atoms with Crippen molar-refractivity contribution in [2.45, 2.75) is 140 Å². The van der Waals surface area contributed by atoms with Gasteiger partial charge in [-0.1, -0.05) is 121 Å². The molecule has 3 aliphatic rings. The van der Waals surface area contributed by atoms with Crippen LogP contribution in [0, 0.1) is 0 Å². The van der Waals surface area contributed by atoms with E-state index >= 15 is 0 Å². The van der Waals surface area contributed by atoms with Gasteiger partial charge in [-0.15, -0.1) is 0 Å². The quantitative estimate of drug-likeness (QED) is 0.116. The number of hydrogen-bond acceptors (Lipinski definition) is 10.